The van der Waals surface area contributed by atoms with Crippen molar-refractivity contribution >= 4 is 9.84 Å². The molecule has 96 valence electrons. The molecule has 0 saturated carbocycles. The summed E-state index contributed by atoms with van der Waals surface area (Å²) < 4.78 is 22.6. The van der Waals surface area contributed by atoms with E-state index in [-0.39, 0.29) is 24.2 Å². The second-order valence-electron chi connectivity index (χ2n) is 4.93. The molecule has 16 heavy (non-hydrogen) atoms. The van der Waals surface area contributed by atoms with Crippen molar-refractivity contribution in [2.24, 2.45) is 5.92 Å². The van der Waals surface area contributed by atoms with Crippen LogP contribution in [0.15, 0.2) is 0 Å². The predicted octanol–water partition coefficient (Wildman–Crippen LogP) is -0.859. The minimum Gasteiger partial charge on any atom is -0.395 e. The highest BCUT2D eigenvalue weighted by Crippen LogP contribution is 2.14. The van der Waals surface area contributed by atoms with E-state index in [9.17, 15) is 13.5 Å². The fraction of sp³-hybridized carbons (Fsp3) is 1.00. The van der Waals surface area contributed by atoms with Crippen LogP contribution in [0, 0.1) is 5.92 Å². The van der Waals surface area contributed by atoms with Gasteiger partial charge in [0.05, 0.1) is 24.2 Å². The number of hydrogen-bond acceptors (Lipinski definition) is 5. The second-order valence-corrected chi connectivity index (χ2v) is 7.08. The Balaban J connectivity index is 2.53. The molecule has 1 heterocycles. The van der Waals surface area contributed by atoms with E-state index >= 15 is 0 Å². The number of nitrogens with one attached hydrogen (secondary N) is 1. The molecule has 0 spiro atoms. The topological polar surface area (TPSA) is 86.6 Å². The molecule has 0 aromatic heterocycles. The number of hydrogen-bond donors (Lipinski definition) is 3. The van der Waals surface area contributed by atoms with E-state index in [2.05, 4.69) is 5.32 Å². The zero-order valence-electron chi connectivity index (χ0n) is 9.76. The smallest absolute Gasteiger partial charge is 0.154 e. The number of sulfone groups is 1. The van der Waals surface area contributed by atoms with Crippen LogP contribution in [0.3, 0.4) is 0 Å². The molecular formula is C10H21NO4S. The van der Waals surface area contributed by atoms with Crippen molar-refractivity contribution in [3.63, 3.8) is 0 Å². The Labute approximate surface area is 96.8 Å². The van der Waals surface area contributed by atoms with E-state index in [1.807, 2.05) is 13.8 Å². The Morgan fingerprint density at radius 3 is 2.38 bits per heavy atom. The fourth-order valence-corrected chi connectivity index (χ4v) is 3.81. The Bertz CT molecular complexity index is 315. The molecule has 3 atom stereocenters. The maximum absolute atomic E-state index is 11.3. The molecule has 1 fully saturated rings. The lowest BCUT2D eigenvalue weighted by molar-refractivity contribution is 0.140. The largest absolute Gasteiger partial charge is 0.395 e. The Kier molecular flexibility index (Phi) is 4.73. The van der Waals surface area contributed by atoms with Crippen LogP contribution in [0.4, 0.5) is 0 Å². The highest BCUT2D eigenvalue weighted by atomic mass is 32.2. The van der Waals surface area contributed by atoms with Crippen molar-refractivity contribution in [2.75, 3.05) is 18.1 Å². The third-order valence-corrected chi connectivity index (χ3v) is 4.47. The van der Waals surface area contributed by atoms with Crippen molar-refractivity contribution in [1.82, 2.24) is 5.32 Å². The average molecular weight is 251 g/mol. The molecule has 0 radical (unpaired) electrons. The van der Waals surface area contributed by atoms with E-state index in [0.29, 0.717) is 5.92 Å². The molecule has 0 aliphatic carbocycles. The third-order valence-electron chi connectivity index (χ3n) is 2.75. The molecular weight excluding hydrogens is 230 g/mol. The van der Waals surface area contributed by atoms with Crippen LogP contribution in [-0.4, -0.2) is 54.9 Å². The monoisotopic (exact) mass is 251 g/mol. The van der Waals surface area contributed by atoms with Gasteiger partial charge in [0, 0.05) is 12.1 Å². The van der Waals surface area contributed by atoms with Gasteiger partial charge in [-0.2, -0.15) is 0 Å². The minimum atomic E-state index is -3.12. The summed E-state index contributed by atoms with van der Waals surface area (Å²) in [6, 6.07) is -0.589. The number of rotatable bonds is 5. The van der Waals surface area contributed by atoms with E-state index in [0.717, 1.165) is 6.42 Å². The van der Waals surface area contributed by atoms with Gasteiger partial charge in [-0.25, -0.2) is 8.42 Å². The van der Waals surface area contributed by atoms with Crippen LogP contribution in [0.25, 0.3) is 0 Å². The maximum atomic E-state index is 11.3. The number of aliphatic hydroxyl groups is 2. The van der Waals surface area contributed by atoms with E-state index in [4.69, 9.17) is 5.11 Å². The zero-order valence-corrected chi connectivity index (χ0v) is 10.6. The molecule has 1 saturated heterocycles. The van der Waals surface area contributed by atoms with E-state index in [1.165, 1.54) is 0 Å². The lowest BCUT2D eigenvalue weighted by Crippen LogP contribution is -2.47. The first-order chi connectivity index (χ1) is 7.34. The Morgan fingerprint density at radius 1 is 1.38 bits per heavy atom. The van der Waals surface area contributed by atoms with Gasteiger partial charge in [0.1, 0.15) is 0 Å². The third kappa shape index (κ3) is 4.01. The first-order valence-electron chi connectivity index (χ1n) is 5.59. The molecule has 0 amide bonds. The van der Waals surface area contributed by atoms with Crippen LogP contribution in [0.1, 0.15) is 20.3 Å². The molecule has 5 nitrogen and oxygen atoms in total. The lowest BCUT2D eigenvalue weighted by Gasteiger charge is -2.23. The molecule has 1 rings (SSSR count). The summed E-state index contributed by atoms with van der Waals surface area (Å²) in [7, 11) is -3.12. The SMILES string of the molecule is CC(C)CC(CO)NC1CS(=O)(=O)CC1O. The van der Waals surface area contributed by atoms with Crippen LogP contribution in [0.2, 0.25) is 0 Å². The molecule has 3 N–H and O–H groups in total. The van der Waals surface area contributed by atoms with Crippen molar-refractivity contribution < 1.29 is 18.6 Å². The molecule has 0 bridgehead atoms. The van der Waals surface area contributed by atoms with Gasteiger partial charge >= 0.3 is 0 Å². The van der Waals surface area contributed by atoms with Crippen LogP contribution in [-0.2, 0) is 9.84 Å². The summed E-state index contributed by atoms with van der Waals surface area (Å²) in [4.78, 5) is 0. The minimum absolute atomic E-state index is 0.0389. The van der Waals surface area contributed by atoms with Gasteiger partial charge in [-0.1, -0.05) is 13.8 Å². The zero-order chi connectivity index (χ0) is 12.3. The standard InChI is InChI=1S/C10H21NO4S/c1-7(2)3-8(4-12)11-9-5-16(14,15)6-10(9)13/h7-13H,3-6H2,1-2H3. The highest BCUT2D eigenvalue weighted by molar-refractivity contribution is 7.91. The van der Waals surface area contributed by atoms with Gasteiger partial charge in [0.15, 0.2) is 9.84 Å². The van der Waals surface area contributed by atoms with Crippen LogP contribution >= 0.6 is 0 Å². The van der Waals surface area contributed by atoms with Gasteiger partial charge in [-0.15, -0.1) is 0 Å². The molecule has 1 aliphatic rings. The van der Waals surface area contributed by atoms with Crippen molar-refractivity contribution in [3.8, 4) is 0 Å². The summed E-state index contributed by atoms with van der Waals surface area (Å²) in [6.45, 7) is 4.03. The molecule has 6 heteroatoms. The lowest BCUT2D eigenvalue weighted by atomic mass is 10.0. The second kappa shape index (κ2) is 5.44. The normalized spacial score (nSPS) is 30.8. The number of aliphatic hydroxyl groups excluding tert-OH is 2. The molecule has 0 aromatic rings. The first kappa shape index (κ1) is 13.9. The van der Waals surface area contributed by atoms with Gasteiger partial charge in [-0.3, -0.25) is 0 Å². The van der Waals surface area contributed by atoms with Gasteiger partial charge in [0.2, 0.25) is 0 Å². The van der Waals surface area contributed by atoms with Gasteiger partial charge < -0.3 is 15.5 Å². The quantitative estimate of drug-likeness (QED) is 0.592. The van der Waals surface area contributed by atoms with Gasteiger partial charge in [0.25, 0.3) is 0 Å². The highest BCUT2D eigenvalue weighted by Gasteiger charge is 2.37. The van der Waals surface area contributed by atoms with Crippen molar-refractivity contribution in [3.05, 3.63) is 0 Å². The average Bonchev–Trinajstić information content (AvgIpc) is 2.37. The molecule has 0 aromatic carbocycles. The molecule has 3 unspecified atom stereocenters. The van der Waals surface area contributed by atoms with Crippen LogP contribution in [0.5, 0.6) is 0 Å². The van der Waals surface area contributed by atoms with Crippen molar-refractivity contribution in [1.29, 1.82) is 0 Å². The Hall–Kier alpha value is -0.170. The summed E-state index contributed by atoms with van der Waals surface area (Å²) in [5, 5.41) is 21.8. The summed E-state index contributed by atoms with van der Waals surface area (Å²) in [5.41, 5.74) is 0. The predicted molar refractivity (Wildman–Crippen MR) is 61.9 cm³/mol. The van der Waals surface area contributed by atoms with E-state index in [1.54, 1.807) is 0 Å². The Morgan fingerprint density at radius 2 is 2.00 bits per heavy atom. The fourth-order valence-electron chi connectivity index (χ4n) is 2.06. The summed E-state index contributed by atoms with van der Waals surface area (Å²) >= 11 is 0. The van der Waals surface area contributed by atoms with Gasteiger partial charge in [-0.05, 0) is 12.3 Å². The summed E-state index contributed by atoms with van der Waals surface area (Å²) in [6.07, 6.45) is -0.0917. The first-order valence-corrected chi connectivity index (χ1v) is 7.41. The van der Waals surface area contributed by atoms with Crippen LogP contribution < -0.4 is 5.32 Å². The maximum Gasteiger partial charge on any atom is 0.154 e. The summed E-state index contributed by atoms with van der Waals surface area (Å²) in [5.74, 6) is 0.201. The molecule has 1 aliphatic heterocycles. The van der Waals surface area contributed by atoms with Crippen molar-refractivity contribution in [2.45, 2.75) is 38.5 Å². The van der Waals surface area contributed by atoms with E-state index < -0.39 is 22.0 Å².